The first-order valence-corrected chi connectivity index (χ1v) is 9.36. The summed E-state index contributed by atoms with van der Waals surface area (Å²) in [5.74, 6) is 0.661. The first-order chi connectivity index (χ1) is 13.7. The molecule has 1 aliphatic heterocycles. The second kappa shape index (κ2) is 8.00. The van der Waals surface area contributed by atoms with Crippen LogP contribution in [-0.4, -0.2) is 49.3 Å². The summed E-state index contributed by atoms with van der Waals surface area (Å²) in [5, 5.41) is 15.4. The standard InChI is InChI=1S/C20H22N4O4/c1-26-11-14-7-13(9-22-14)24-19(25)20-23-10-18(28-20)16-6-12(8-21)2-5-17(16)27-15-3-4-15/h2,5-6,10,13-15,22H,3-4,7,9,11H2,1H3,(H,24,25)/t13-,14+/m1/s1. The van der Waals surface area contributed by atoms with Crippen LogP contribution in [0.25, 0.3) is 11.3 Å². The second-order valence-electron chi connectivity index (χ2n) is 7.14. The van der Waals surface area contributed by atoms with Crippen LogP contribution in [0.15, 0.2) is 28.8 Å². The number of amides is 1. The van der Waals surface area contributed by atoms with E-state index in [4.69, 9.17) is 13.9 Å². The number of carbonyl (C=O) groups excluding carboxylic acids is 1. The van der Waals surface area contributed by atoms with Gasteiger partial charge in [-0.15, -0.1) is 0 Å². The third-order valence-corrected chi connectivity index (χ3v) is 4.82. The number of rotatable bonds is 7. The molecule has 0 bridgehead atoms. The first-order valence-electron chi connectivity index (χ1n) is 9.36. The number of ether oxygens (including phenoxy) is 2. The highest BCUT2D eigenvalue weighted by Gasteiger charge is 2.28. The number of hydrogen-bond acceptors (Lipinski definition) is 7. The Hall–Kier alpha value is -2.89. The SMILES string of the molecule is COC[C@@H]1C[C@@H](NC(=O)c2ncc(-c3cc(C#N)ccc3OC3CC3)o2)CN1. The van der Waals surface area contributed by atoms with Crippen molar-refractivity contribution in [2.24, 2.45) is 0 Å². The van der Waals surface area contributed by atoms with E-state index in [1.807, 2.05) is 0 Å². The Bertz CT molecular complexity index is 900. The highest BCUT2D eigenvalue weighted by Crippen LogP contribution is 2.35. The normalized spacial score (nSPS) is 21.3. The summed E-state index contributed by atoms with van der Waals surface area (Å²) < 4.78 is 16.7. The third kappa shape index (κ3) is 4.16. The molecular formula is C20H22N4O4. The smallest absolute Gasteiger partial charge is 0.307 e. The van der Waals surface area contributed by atoms with Gasteiger partial charge in [0.1, 0.15) is 5.75 Å². The number of nitrogens with one attached hydrogen (secondary N) is 2. The minimum Gasteiger partial charge on any atom is -0.490 e. The van der Waals surface area contributed by atoms with E-state index in [2.05, 4.69) is 21.7 Å². The molecular weight excluding hydrogens is 360 g/mol. The van der Waals surface area contributed by atoms with Gasteiger partial charge in [0.15, 0.2) is 5.76 Å². The van der Waals surface area contributed by atoms with Crippen molar-refractivity contribution in [3.8, 4) is 23.1 Å². The third-order valence-electron chi connectivity index (χ3n) is 4.82. The van der Waals surface area contributed by atoms with Gasteiger partial charge in [-0.25, -0.2) is 4.98 Å². The molecule has 8 nitrogen and oxygen atoms in total. The Kier molecular flexibility index (Phi) is 5.28. The lowest BCUT2D eigenvalue weighted by molar-refractivity contribution is 0.0904. The molecule has 0 unspecified atom stereocenters. The molecule has 1 saturated heterocycles. The van der Waals surface area contributed by atoms with Gasteiger partial charge in [0.05, 0.1) is 36.1 Å². The van der Waals surface area contributed by atoms with Crippen molar-refractivity contribution in [3.63, 3.8) is 0 Å². The topological polar surface area (TPSA) is 109 Å². The largest absolute Gasteiger partial charge is 0.490 e. The van der Waals surface area contributed by atoms with E-state index >= 15 is 0 Å². The molecule has 2 atom stereocenters. The van der Waals surface area contributed by atoms with Crippen LogP contribution in [0.2, 0.25) is 0 Å². The molecule has 2 N–H and O–H groups in total. The number of benzene rings is 1. The average Bonchev–Trinajstić information content (AvgIpc) is 3.19. The van der Waals surface area contributed by atoms with Crippen molar-refractivity contribution in [1.29, 1.82) is 5.26 Å². The maximum Gasteiger partial charge on any atom is 0.307 e. The summed E-state index contributed by atoms with van der Waals surface area (Å²) in [6.07, 6.45) is 4.52. The van der Waals surface area contributed by atoms with Gasteiger partial charge in [-0.1, -0.05) is 0 Å². The quantitative estimate of drug-likeness (QED) is 0.752. The summed E-state index contributed by atoms with van der Waals surface area (Å²) in [5.41, 5.74) is 1.11. The Morgan fingerprint density at radius 3 is 3.07 bits per heavy atom. The molecule has 2 heterocycles. The number of nitriles is 1. The molecule has 1 aliphatic carbocycles. The van der Waals surface area contributed by atoms with E-state index in [1.165, 1.54) is 6.20 Å². The van der Waals surface area contributed by atoms with Gasteiger partial charge in [-0.2, -0.15) is 5.26 Å². The molecule has 0 spiro atoms. The highest BCUT2D eigenvalue weighted by atomic mass is 16.5. The van der Waals surface area contributed by atoms with Gasteiger partial charge in [-0.05, 0) is 37.5 Å². The van der Waals surface area contributed by atoms with Crippen molar-refractivity contribution in [2.45, 2.75) is 37.5 Å². The molecule has 0 radical (unpaired) electrons. The van der Waals surface area contributed by atoms with Gasteiger partial charge in [-0.3, -0.25) is 4.79 Å². The summed E-state index contributed by atoms with van der Waals surface area (Å²) in [6, 6.07) is 7.49. The van der Waals surface area contributed by atoms with Crippen molar-refractivity contribution >= 4 is 5.91 Å². The van der Waals surface area contributed by atoms with E-state index in [0.717, 1.165) is 19.3 Å². The molecule has 1 aromatic heterocycles. The second-order valence-corrected chi connectivity index (χ2v) is 7.14. The van der Waals surface area contributed by atoms with Crippen LogP contribution in [0.5, 0.6) is 5.75 Å². The zero-order valence-corrected chi connectivity index (χ0v) is 15.6. The molecule has 2 fully saturated rings. The van der Waals surface area contributed by atoms with E-state index in [9.17, 15) is 10.1 Å². The zero-order valence-electron chi connectivity index (χ0n) is 15.6. The Morgan fingerprint density at radius 2 is 2.32 bits per heavy atom. The van der Waals surface area contributed by atoms with Crippen molar-refractivity contribution in [1.82, 2.24) is 15.6 Å². The number of oxazole rings is 1. The van der Waals surface area contributed by atoms with Gasteiger partial charge in [0.25, 0.3) is 5.89 Å². The number of aromatic nitrogens is 1. The maximum atomic E-state index is 12.5. The molecule has 1 saturated carbocycles. The minimum absolute atomic E-state index is 0.00122. The molecule has 8 heteroatoms. The molecule has 146 valence electrons. The van der Waals surface area contributed by atoms with Crippen LogP contribution in [0.1, 0.15) is 35.5 Å². The molecule has 1 amide bonds. The number of carbonyl (C=O) groups is 1. The number of hydrogen-bond donors (Lipinski definition) is 2. The highest BCUT2D eigenvalue weighted by molar-refractivity contribution is 5.90. The lowest BCUT2D eigenvalue weighted by Gasteiger charge is -2.11. The van der Waals surface area contributed by atoms with Crippen molar-refractivity contribution < 1.29 is 18.7 Å². The van der Waals surface area contributed by atoms with Crippen LogP contribution in [0, 0.1) is 11.3 Å². The van der Waals surface area contributed by atoms with Crippen molar-refractivity contribution in [2.75, 3.05) is 20.3 Å². The lowest BCUT2D eigenvalue weighted by Crippen LogP contribution is -2.36. The predicted octanol–water partition coefficient (Wildman–Crippen LogP) is 1.86. The Morgan fingerprint density at radius 1 is 1.46 bits per heavy atom. The van der Waals surface area contributed by atoms with Crippen LogP contribution in [0.4, 0.5) is 0 Å². The van der Waals surface area contributed by atoms with E-state index in [0.29, 0.717) is 35.8 Å². The Labute approximate surface area is 162 Å². The van der Waals surface area contributed by atoms with Crippen molar-refractivity contribution in [3.05, 3.63) is 35.9 Å². The van der Waals surface area contributed by atoms with Crippen LogP contribution in [0.3, 0.4) is 0 Å². The van der Waals surface area contributed by atoms with Crippen LogP contribution < -0.4 is 15.4 Å². The summed E-state index contributed by atoms with van der Waals surface area (Å²) in [4.78, 5) is 16.6. The molecule has 4 rings (SSSR count). The lowest BCUT2D eigenvalue weighted by atomic mass is 10.1. The zero-order chi connectivity index (χ0) is 19.5. The summed E-state index contributed by atoms with van der Waals surface area (Å²) in [7, 11) is 1.66. The monoisotopic (exact) mass is 382 g/mol. The summed E-state index contributed by atoms with van der Waals surface area (Å²) >= 11 is 0. The van der Waals surface area contributed by atoms with E-state index in [1.54, 1.807) is 25.3 Å². The molecule has 28 heavy (non-hydrogen) atoms. The van der Waals surface area contributed by atoms with Crippen LogP contribution in [-0.2, 0) is 4.74 Å². The predicted molar refractivity (Wildman–Crippen MR) is 99.8 cm³/mol. The fraction of sp³-hybridized carbons (Fsp3) is 0.450. The number of methoxy groups -OCH3 is 1. The van der Waals surface area contributed by atoms with E-state index < -0.39 is 0 Å². The first kappa shape index (κ1) is 18.5. The fourth-order valence-corrected chi connectivity index (χ4v) is 3.27. The Balaban J connectivity index is 1.48. The molecule has 2 aromatic rings. The maximum absolute atomic E-state index is 12.5. The fourth-order valence-electron chi connectivity index (χ4n) is 3.27. The average molecular weight is 382 g/mol. The van der Waals surface area contributed by atoms with Crippen LogP contribution >= 0.6 is 0 Å². The summed E-state index contributed by atoms with van der Waals surface area (Å²) in [6.45, 7) is 1.28. The van der Waals surface area contributed by atoms with Gasteiger partial charge in [0.2, 0.25) is 0 Å². The number of nitrogens with zero attached hydrogens (tertiary/aromatic N) is 2. The molecule has 1 aromatic carbocycles. The van der Waals surface area contributed by atoms with Gasteiger partial charge < -0.3 is 24.5 Å². The van der Waals surface area contributed by atoms with Gasteiger partial charge >= 0.3 is 5.91 Å². The van der Waals surface area contributed by atoms with Gasteiger partial charge in [0, 0.05) is 25.7 Å². The van der Waals surface area contributed by atoms with E-state index in [-0.39, 0.29) is 30.0 Å². The molecule has 2 aliphatic rings. The minimum atomic E-state index is -0.364.